The lowest BCUT2D eigenvalue weighted by molar-refractivity contribution is 0.111. The second-order valence-electron chi connectivity index (χ2n) is 3.09. The van der Waals surface area contributed by atoms with Crippen molar-refractivity contribution in [2.24, 2.45) is 0 Å². The molecule has 14 heavy (non-hydrogen) atoms. The van der Waals surface area contributed by atoms with Crippen molar-refractivity contribution in [1.82, 2.24) is 4.98 Å². The third-order valence-corrected chi connectivity index (χ3v) is 2.22. The molecule has 0 fully saturated rings. The van der Waals surface area contributed by atoms with Gasteiger partial charge in [-0.05, 0) is 30.7 Å². The number of carbonyl (C=O) groups excluding carboxylic acids is 1. The van der Waals surface area contributed by atoms with Gasteiger partial charge in [-0.25, -0.2) is 9.37 Å². The molecule has 0 saturated heterocycles. The molecule has 0 aliphatic heterocycles. The summed E-state index contributed by atoms with van der Waals surface area (Å²) in [5.41, 5.74) is 1.57. The van der Waals surface area contributed by atoms with Gasteiger partial charge in [0.05, 0.1) is 5.52 Å². The standard InChI is InChI=1S/C11H8FNO/c1-7-9-3-2-8(6-14)13-11(9)5-4-10(7)12/h2-6H,1H3. The minimum atomic E-state index is -0.252. The van der Waals surface area contributed by atoms with Crippen LogP contribution in [-0.4, -0.2) is 11.3 Å². The summed E-state index contributed by atoms with van der Waals surface area (Å²) in [6, 6.07) is 6.23. The summed E-state index contributed by atoms with van der Waals surface area (Å²) in [6.07, 6.45) is 0.679. The van der Waals surface area contributed by atoms with E-state index in [0.29, 0.717) is 23.1 Å². The van der Waals surface area contributed by atoms with Crippen LogP contribution in [0.1, 0.15) is 16.1 Å². The van der Waals surface area contributed by atoms with Gasteiger partial charge in [0.2, 0.25) is 0 Å². The highest BCUT2D eigenvalue weighted by atomic mass is 19.1. The number of fused-ring (bicyclic) bond motifs is 1. The number of halogens is 1. The molecule has 1 aromatic heterocycles. The van der Waals surface area contributed by atoms with Crippen LogP contribution in [0.2, 0.25) is 0 Å². The SMILES string of the molecule is Cc1c(F)ccc2nc(C=O)ccc12. The summed E-state index contributed by atoms with van der Waals surface area (Å²) in [4.78, 5) is 14.5. The number of aldehydes is 1. The molecule has 2 aromatic rings. The van der Waals surface area contributed by atoms with Crippen molar-refractivity contribution < 1.29 is 9.18 Å². The first-order valence-corrected chi connectivity index (χ1v) is 4.23. The van der Waals surface area contributed by atoms with Gasteiger partial charge in [-0.2, -0.15) is 0 Å². The van der Waals surface area contributed by atoms with Gasteiger partial charge in [0.1, 0.15) is 11.5 Å². The summed E-state index contributed by atoms with van der Waals surface area (Å²) < 4.78 is 13.1. The maximum absolute atomic E-state index is 13.1. The van der Waals surface area contributed by atoms with Crippen LogP contribution < -0.4 is 0 Å². The summed E-state index contributed by atoms with van der Waals surface area (Å²) in [5, 5.41) is 0.746. The largest absolute Gasteiger partial charge is 0.296 e. The van der Waals surface area contributed by atoms with Gasteiger partial charge < -0.3 is 0 Å². The monoisotopic (exact) mass is 189 g/mol. The predicted molar refractivity (Wildman–Crippen MR) is 51.8 cm³/mol. The highest BCUT2D eigenvalue weighted by Gasteiger charge is 2.04. The number of aromatic nitrogens is 1. The molecule has 70 valence electrons. The quantitative estimate of drug-likeness (QED) is 0.645. The zero-order chi connectivity index (χ0) is 10.1. The van der Waals surface area contributed by atoms with Crippen molar-refractivity contribution in [2.75, 3.05) is 0 Å². The Kier molecular flexibility index (Phi) is 2.00. The van der Waals surface area contributed by atoms with Gasteiger partial charge in [0, 0.05) is 5.39 Å². The molecule has 0 atom stereocenters. The van der Waals surface area contributed by atoms with Crippen LogP contribution in [0.3, 0.4) is 0 Å². The van der Waals surface area contributed by atoms with Crippen LogP contribution in [0.25, 0.3) is 10.9 Å². The lowest BCUT2D eigenvalue weighted by atomic mass is 10.1. The van der Waals surface area contributed by atoms with E-state index in [1.54, 1.807) is 25.1 Å². The number of benzene rings is 1. The van der Waals surface area contributed by atoms with Crippen LogP contribution in [0.5, 0.6) is 0 Å². The zero-order valence-corrected chi connectivity index (χ0v) is 7.62. The number of pyridine rings is 1. The van der Waals surface area contributed by atoms with E-state index >= 15 is 0 Å². The third-order valence-electron chi connectivity index (χ3n) is 2.22. The topological polar surface area (TPSA) is 30.0 Å². The minimum Gasteiger partial charge on any atom is -0.296 e. The highest BCUT2D eigenvalue weighted by Crippen LogP contribution is 2.19. The Balaban J connectivity index is 2.81. The molecule has 1 aromatic carbocycles. The normalized spacial score (nSPS) is 10.4. The molecule has 0 aliphatic carbocycles. The lowest BCUT2D eigenvalue weighted by Gasteiger charge is -2.02. The Hall–Kier alpha value is -1.77. The molecular weight excluding hydrogens is 181 g/mol. The molecule has 0 unspecified atom stereocenters. The number of hydrogen-bond donors (Lipinski definition) is 0. The molecular formula is C11H8FNO. The molecule has 0 saturated carbocycles. The Morgan fingerprint density at radius 3 is 2.79 bits per heavy atom. The fourth-order valence-corrected chi connectivity index (χ4v) is 1.41. The first kappa shape index (κ1) is 8.81. The average molecular weight is 189 g/mol. The maximum atomic E-state index is 13.1. The lowest BCUT2D eigenvalue weighted by Crippen LogP contribution is -1.91. The van der Waals surface area contributed by atoms with E-state index < -0.39 is 0 Å². The van der Waals surface area contributed by atoms with Crippen LogP contribution in [0.15, 0.2) is 24.3 Å². The van der Waals surface area contributed by atoms with E-state index in [4.69, 9.17) is 0 Å². The Labute approximate surface area is 80.4 Å². The van der Waals surface area contributed by atoms with Crippen molar-refractivity contribution >= 4 is 17.2 Å². The molecule has 0 amide bonds. The Morgan fingerprint density at radius 1 is 1.29 bits per heavy atom. The molecule has 0 spiro atoms. The molecule has 1 heterocycles. The minimum absolute atomic E-state index is 0.252. The first-order chi connectivity index (χ1) is 6.72. The van der Waals surface area contributed by atoms with Gasteiger partial charge in [-0.1, -0.05) is 6.07 Å². The molecule has 0 aliphatic rings. The van der Waals surface area contributed by atoms with E-state index in [2.05, 4.69) is 4.98 Å². The smallest absolute Gasteiger partial charge is 0.168 e. The molecule has 0 radical (unpaired) electrons. The Morgan fingerprint density at radius 2 is 2.07 bits per heavy atom. The molecule has 0 N–H and O–H groups in total. The third kappa shape index (κ3) is 1.27. The van der Waals surface area contributed by atoms with Crippen molar-refractivity contribution in [1.29, 1.82) is 0 Å². The first-order valence-electron chi connectivity index (χ1n) is 4.23. The van der Waals surface area contributed by atoms with Crippen LogP contribution >= 0.6 is 0 Å². The van der Waals surface area contributed by atoms with Crippen molar-refractivity contribution in [3.05, 3.63) is 41.3 Å². The van der Waals surface area contributed by atoms with Gasteiger partial charge in [-0.15, -0.1) is 0 Å². The van der Waals surface area contributed by atoms with Gasteiger partial charge in [-0.3, -0.25) is 4.79 Å². The van der Waals surface area contributed by atoms with E-state index in [1.807, 2.05) is 0 Å². The van der Waals surface area contributed by atoms with E-state index in [1.165, 1.54) is 6.07 Å². The maximum Gasteiger partial charge on any atom is 0.168 e. The molecule has 0 bridgehead atoms. The number of nitrogens with zero attached hydrogens (tertiary/aromatic N) is 1. The van der Waals surface area contributed by atoms with E-state index in [0.717, 1.165) is 5.39 Å². The molecule has 2 nitrogen and oxygen atoms in total. The number of carbonyl (C=O) groups is 1. The van der Waals surface area contributed by atoms with Crippen LogP contribution in [0, 0.1) is 12.7 Å². The van der Waals surface area contributed by atoms with Crippen molar-refractivity contribution in [3.8, 4) is 0 Å². The van der Waals surface area contributed by atoms with Gasteiger partial charge >= 0.3 is 0 Å². The fraction of sp³-hybridized carbons (Fsp3) is 0.0909. The van der Waals surface area contributed by atoms with E-state index in [9.17, 15) is 9.18 Å². The Bertz CT molecular complexity index is 508. The second-order valence-corrected chi connectivity index (χ2v) is 3.09. The zero-order valence-electron chi connectivity index (χ0n) is 7.62. The number of hydrogen-bond acceptors (Lipinski definition) is 2. The van der Waals surface area contributed by atoms with Gasteiger partial charge in [0.15, 0.2) is 6.29 Å². The van der Waals surface area contributed by atoms with Crippen molar-refractivity contribution in [2.45, 2.75) is 6.92 Å². The summed E-state index contributed by atoms with van der Waals surface area (Å²) in [7, 11) is 0. The predicted octanol–water partition coefficient (Wildman–Crippen LogP) is 2.49. The van der Waals surface area contributed by atoms with Crippen LogP contribution in [0.4, 0.5) is 4.39 Å². The van der Waals surface area contributed by atoms with Crippen molar-refractivity contribution in [3.63, 3.8) is 0 Å². The fourth-order valence-electron chi connectivity index (χ4n) is 1.41. The number of rotatable bonds is 1. The van der Waals surface area contributed by atoms with Gasteiger partial charge in [0.25, 0.3) is 0 Å². The highest BCUT2D eigenvalue weighted by molar-refractivity contribution is 5.85. The molecule has 2 rings (SSSR count). The average Bonchev–Trinajstić information content (AvgIpc) is 2.23. The molecule has 3 heteroatoms. The van der Waals surface area contributed by atoms with Crippen LogP contribution in [-0.2, 0) is 0 Å². The number of aryl methyl sites for hydroxylation is 1. The second kappa shape index (κ2) is 3.18. The summed E-state index contributed by atoms with van der Waals surface area (Å²) >= 11 is 0. The summed E-state index contributed by atoms with van der Waals surface area (Å²) in [5.74, 6) is -0.252. The summed E-state index contributed by atoms with van der Waals surface area (Å²) in [6.45, 7) is 1.69. The van der Waals surface area contributed by atoms with E-state index in [-0.39, 0.29) is 5.82 Å².